The van der Waals surface area contributed by atoms with Crippen LogP contribution in [0.15, 0.2) is 42.6 Å². The van der Waals surface area contributed by atoms with Gasteiger partial charge in [0, 0.05) is 37.9 Å². The molecule has 1 saturated carbocycles. The highest BCUT2D eigenvalue weighted by atomic mass is 16.5. The van der Waals surface area contributed by atoms with Crippen molar-refractivity contribution in [3.8, 4) is 5.75 Å². The Hall–Kier alpha value is -2.80. The fraction of sp³-hybridized carbons (Fsp3) is 0.478. The lowest BCUT2D eigenvalue weighted by Gasteiger charge is -2.29. The molecular weight excluding hydrogens is 380 g/mol. The highest BCUT2D eigenvalue weighted by Gasteiger charge is 2.17. The first kappa shape index (κ1) is 20.5. The average molecular weight is 411 g/mol. The number of urea groups is 1. The van der Waals surface area contributed by atoms with Crippen molar-refractivity contribution in [3.05, 3.63) is 53.7 Å². The maximum absolute atomic E-state index is 12.3. The van der Waals surface area contributed by atoms with Gasteiger partial charge in [0.1, 0.15) is 11.6 Å². The molecule has 2 aliphatic rings. The van der Waals surface area contributed by atoms with E-state index < -0.39 is 0 Å². The van der Waals surface area contributed by atoms with Crippen LogP contribution in [-0.4, -0.2) is 43.4 Å². The van der Waals surface area contributed by atoms with Crippen LogP contribution in [0.3, 0.4) is 0 Å². The summed E-state index contributed by atoms with van der Waals surface area (Å²) in [4.78, 5) is 19.0. The topological polar surface area (TPSA) is 75.7 Å². The van der Waals surface area contributed by atoms with Crippen molar-refractivity contribution in [1.82, 2.24) is 15.6 Å². The lowest BCUT2D eigenvalue weighted by molar-refractivity contribution is 0.122. The molecule has 2 N–H and O–H groups in total. The zero-order valence-electron chi connectivity index (χ0n) is 17.3. The standard InChI is InChI=1S/C23H30N4O3/c28-23(25-16-18-7-9-21(10-8-18)30-20-5-1-2-6-20)26-17-19-4-3-11-24-22(19)27-12-14-29-15-13-27/h3-4,7-11,20H,1-2,5-6,12-17H2,(H2,25,26,28). The summed E-state index contributed by atoms with van der Waals surface area (Å²) >= 11 is 0. The molecule has 2 fully saturated rings. The molecule has 1 aliphatic carbocycles. The van der Waals surface area contributed by atoms with Crippen LogP contribution < -0.4 is 20.3 Å². The smallest absolute Gasteiger partial charge is 0.315 e. The second kappa shape index (κ2) is 10.3. The van der Waals surface area contributed by atoms with E-state index in [2.05, 4.69) is 20.5 Å². The number of hydrogen-bond acceptors (Lipinski definition) is 5. The van der Waals surface area contributed by atoms with Gasteiger partial charge in [0.2, 0.25) is 0 Å². The number of benzene rings is 1. The van der Waals surface area contributed by atoms with Gasteiger partial charge in [-0.2, -0.15) is 0 Å². The third kappa shape index (κ3) is 5.63. The van der Waals surface area contributed by atoms with Crippen molar-refractivity contribution in [2.75, 3.05) is 31.2 Å². The normalized spacial score (nSPS) is 17.0. The van der Waals surface area contributed by atoms with Crippen LogP contribution >= 0.6 is 0 Å². The lowest BCUT2D eigenvalue weighted by Crippen LogP contribution is -2.38. The first-order valence-electron chi connectivity index (χ1n) is 10.8. The first-order chi connectivity index (χ1) is 14.8. The second-order valence-corrected chi connectivity index (χ2v) is 7.79. The van der Waals surface area contributed by atoms with E-state index >= 15 is 0 Å². The molecule has 2 aromatic rings. The van der Waals surface area contributed by atoms with Gasteiger partial charge in [-0.05, 0) is 49.4 Å². The average Bonchev–Trinajstić information content (AvgIpc) is 3.31. The molecule has 0 spiro atoms. The Labute approximate surface area is 177 Å². The number of amides is 2. The molecule has 1 aromatic carbocycles. The van der Waals surface area contributed by atoms with Crippen molar-refractivity contribution in [3.63, 3.8) is 0 Å². The number of nitrogens with zero attached hydrogens (tertiary/aromatic N) is 2. The summed E-state index contributed by atoms with van der Waals surface area (Å²) in [6.07, 6.45) is 6.95. The van der Waals surface area contributed by atoms with Gasteiger partial charge in [-0.1, -0.05) is 18.2 Å². The molecule has 0 atom stereocenters. The third-order valence-corrected chi connectivity index (χ3v) is 5.60. The number of carbonyl (C=O) groups is 1. The number of aromatic nitrogens is 1. The number of ether oxygens (including phenoxy) is 2. The molecule has 0 unspecified atom stereocenters. The van der Waals surface area contributed by atoms with Gasteiger partial charge in [-0.25, -0.2) is 9.78 Å². The van der Waals surface area contributed by atoms with Crippen molar-refractivity contribution < 1.29 is 14.3 Å². The molecule has 0 bridgehead atoms. The van der Waals surface area contributed by atoms with Crippen molar-refractivity contribution in [2.24, 2.45) is 0 Å². The molecule has 30 heavy (non-hydrogen) atoms. The summed E-state index contributed by atoms with van der Waals surface area (Å²) in [5, 5.41) is 5.85. The van der Waals surface area contributed by atoms with Crippen LogP contribution in [0.5, 0.6) is 5.75 Å². The van der Waals surface area contributed by atoms with Crippen LogP contribution in [0.4, 0.5) is 10.6 Å². The number of pyridine rings is 1. The second-order valence-electron chi connectivity index (χ2n) is 7.79. The molecule has 4 rings (SSSR count). The maximum atomic E-state index is 12.3. The van der Waals surface area contributed by atoms with E-state index in [1.54, 1.807) is 6.20 Å². The van der Waals surface area contributed by atoms with Gasteiger partial charge in [0.15, 0.2) is 0 Å². The minimum absolute atomic E-state index is 0.196. The van der Waals surface area contributed by atoms with E-state index in [1.807, 2.05) is 36.4 Å². The third-order valence-electron chi connectivity index (χ3n) is 5.60. The van der Waals surface area contributed by atoms with E-state index in [9.17, 15) is 4.79 Å². The van der Waals surface area contributed by atoms with E-state index in [-0.39, 0.29) is 6.03 Å². The number of nitrogens with one attached hydrogen (secondary N) is 2. The van der Waals surface area contributed by atoms with E-state index in [4.69, 9.17) is 9.47 Å². The molecule has 7 heteroatoms. The molecule has 1 saturated heterocycles. The van der Waals surface area contributed by atoms with Crippen molar-refractivity contribution in [1.29, 1.82) is 0 Å². The molecule has 7 nitrogen and oxygen atoms in total. The van der Waals surface area contributed by atoms with Crippen LogP contribution in [0, 0.1) is 0 Å². The fourth-order valence-corrected chi connectivity index (χ4v) is 3.93. The lowest BCUT2D eigenvalue weighted by atomic mass is 10.2. The van der Waals surface area contributed by atoms with E-state index in [0.717, 1.165) is 48.6 Å². The summed E-state index contributed by atoms with van der Waals surface area (Å²) in [7, 11) is 0. The monoisotopic (exact) mass is 410 g/mol. The molecule has 0 radical (unpaired) electrons. The number of anilines is 1. The largest absolute Gasteiger partial charge is 0.490 e. The van der Waals surface area contributed by atoms with Crippen LogP contribution in [0.2, 0.25) is 0 Å². The summed E-state index contributed by atoms with van der Waals surface area (Å²) in [6.45, 7) is 3.94. The SMILES string of the molecule is O=C(NCc1ccc(OC2CCCC2)cc1)NCc1cccnc1N1CCOCC1. The highest BCUT2D eigenvalue weighted by Crippen LogP contribution is 2.24. The number of hydrogen-bond donors (Lipinski definition) is 2. The van der Waals surface area contributed by atoms with Gasteiger partial charge in [-0.3, -0.25) is 0 Å². The zero-order chi connectivity index (χ0) is 20.6. The predicted octanol–water partition coefficient (Wildman–Crippen LogP) is 3.24. The van der Waals surface area contributed by atoms with Crippen molar-refractivity contribution in [2.45, 2.75) is 44.9 Å². The summed E-state index contributed by atoms with van der Waals surface area (Å²) < 4.78 is 11.4. The Kier molecular flexibility index (Phi) is 7.03. The van der Waals surface area contributed by atoms with Gasteiger partial charge in [-0.15, -0.1) is 0 Å². The van der Waals surface area contributed by atoms with Gasteiger partial charge in [0.05, 0.1) is 19.3 Å². The Morgan fingerprint density at radius 1 is 1.07 bits per heavy atom. The molecule has 2 heterocycles. The molecule has 2 amide bonds. The van der Waals surface area contributed by atoms with Crippen molar-refractivity contribution >= 4 is 11.8 Å². The Bertz CT molecular complexity index is 815. The zero-order valence-corrected chi connectivity index (χ0v) is 17.3. The Morgan fingerprint density at radius 2 is 1.80 bits per heavy atom. The number of carbonyl (C=O) groups excluding carboxylic acids is 1. The van der Waals surface area contributed by atoms with E-state index in [1.165, 1.54) is 12.8 Å². The Morgan fingerprint density at radius 3 is 2.57 bits per heavy atom. The summed E-state index contributed by atoms with van der Waals surface area (Å²) in [6, 6.07) is 11.7. The molecule has 1 aliphatic heterocycles. The van der Waals surface area contributed by atoms with Crippen LogP contribution in [-0.2, 0) is 17.8 Å². The highest BCUT2D eigenvalue weighted by molar-refractivity contribution is 5.74. The maximum Gasteiger partial charge on any atom is 0.315 e. The van der Waals surface area contributed by atoms with Crippen LogP contribution in [0.25, 0.3) is 0 Å². The van der Waals surface area contributed by atoms with E-state index in [0.29, 0.717) is 32.4 Å². The summed E-state index contributed by atoms with van der Waals surface area (Å²) in [5.74, 6) is 1.82. The fourth-order valence-electron chi connectivity index (χ4n) is 3.93. The number of rotatable bonds is 7. The van der Waals surface area contributed by atoms with Gasteiger partial charge in [0.25, 0.3) is 0 Å². The minimum atomic E-state index is -0.196. The first-order valence-corrected chi connectivity index (χ1v) is 10.8. The van der Waals surface area contributed by atoms with Crippen LogP contribution in [0.1, 0.15) is 36.8 Å². The number of morpholine rings is 1. The Balaban J connectivity index is 1.23. The van der Waals surface area contributed by atoms with Gasteiger partial charge >= 0.3 is 6.03 Å². The molecular formula is C23H30N4O3. The minimum Gasteiger partial charge on any atom is -0.490 e. The molecule has 1 aromatic heterocycles. The predicted molar refractivity (Wildman–Crippen MR) is 116 cm³/mol. The quantitative estimate of drug-likeness (QED) is 0.733. The summed E-state index contributed by atoms with van der Waals surface area (Å²) in [5.41, 5.74) is 2.04. The van der Waals surface area contributed by atoms with Gasteiger partial charge < -0.3 is 25.0 Å². The molecule has 160 valence electrons.